The van der Waals surface area contributed by atoms with Gasteiger partial charge >= 0.3 is 0 Å². The summed E-state index contributed by atoms with van der Waals surface area (Å²) in [4.78, 5) is 29.4. The van der Waals surface area contributed by atoms with Gasteiger partial charge in [-0.1, -0.05) is 18.2 Å². The van der Waals surface area contributed by atoms with Crippen molar-refractivity contribution in [2.45, 2.75) is 18.9 Å². The van der Waals surface area contributed by atoms with Gasteiger partial charge in [-0.3, -0.25) is 9.59 Å². The lowest BCUT2D eigenvalue weighted by Gasteiger charge is -2.15. The van der Waals surface area contributed by atoms with Crippen LogP contribution in [0, 0.1) is 0 Å². The first-order valence-electron chi connectivity index (χ1n) is 8.96. The third-order valence-electron chi connectivity index (χ3n) is 4.92. The van der Waals surface area contributed by atoms with Crippen LogP contribution in [0.5, 0.6) is 5.75 Å². The van der Waals surface area contributed by atoms with Crippen LogP contribution in [0.4, 0.5) is 5.69 Å². The molecule has 138 valence electrons. The van der Waals surface area contributed by atoms with Crippen LogP contribution in [0.15, 0.2) is 54.7 Å². The SMILES string of the molecule is COc1ccc2[nH]cc(CCNC3CC(=O)N(c4ccccc4)C3=O)c2c1. The molecule has 6 nitrogen and oxygen atoms in total. The minimum absolute atomic E-state index is 0.166. The van der Waals surface area contributed by atoms with Crippen LogP contribution in [0.2, 0.25) is 0 Å². The predicted molar refractivity (Wildman–Crippen MR) is 104 cm³/mol. The van der Waals surface area contributed by atoms with Crippen LogP contribution in [0.3, 0.4) is 0 Å². The Labute approximate surface area is 157 Å². The van der Waals surface area contributed by atoms with Gasteiger partial charge in [0.05, 0.1) is 25.3 Å². The van der Waals surface area contributed by atoms with Gasteiger partial charge in [0.1, 0.15) is 5.75 Å². The minimum atomic E-state index is -0.475. The third kappa shape index (κ3) is 3.31. The molecule has 1 aliphatic heterocycles. The van der Waals surface area contributed by atoms with E-state index < -0.39 is 6.04 Å². The molecular weight excluding hydrogens is 342 g/mol. The summed E-state index contributed by atoms with van der Waals surface area (Å²) in [6, 6.07) is 14.5. The lowest BCUT2D eigenvalue weighted by atomic mass is 10.1. The number of benzene rings is 2. The van der Waals surface area contributed by atoms with E-state index in [0.29, 0.717) is 12.2 Å². The fraction of sp³-hybridized carbons (Fsp3) is 0.238. The van der Waals surface area contributed by atoms with E-state index in [0.717, 1.165) is 28.6 Å². The van der Waals surface area contributed by atoms with E-state index in [-0.39, 0.29) is 18.2 Å². The van der Waals surface area contributed by atoms with Crippen LogP contribution in [-0.4, -0.2) is 36.5 Å². The van der Waals surface area contributed by atoms with Crippen molar-refractivity contribution in [3.8, 4) is 5.75 Å². The lowest BCUT2D eigenvalue weighted by Crippen LogP contribution is -2.39. The van der Waals surface area contributed by atoms with Gasteiger partial charge < -0.3 is 15.0 Å². The Bertz CT molecular complexity index is 981. The summed E-state index contributed by atoms with van der Waals surface area (Å²) in [5, 5.41) is 4.34. The number of rotatable bonds is 6. The summed E-state index contributed by atoms with van der Waals surface area (Å²) in [6.45, 7) is 0.608. The first kappa shape index (κ1) is 17.3. The highest BCUT2D eigenvalue weighted by atomic mass is 16.5. The highest BCUT2D eigenvalue weighted by molar-refractivity contribution is 6.22. The smallest absolute Gasteiger partial charge is 0.251 e. The predicted octanol–water partition coefficient (Wildman–Crippen LogP) is 2.64. The number of H-pyrrole nitrogens is 1. The summed E-state index contributed by atoms with van der Waals surface area (Å²) < 4.78 is 5.29. The fourth-order valence-electron chi connectivity index (χ4n) is 3.51. The largest absolute Gasteiger partial charge is 0.497 e. The Balaban J connectivity index is 1.41. The molecule has 27 heavy (non-hydrogen) atoms. The zero-order chi connectivity index (χ0) is 18.8. The number of para-hydroxylation sites is 1. The number of hydrogen-bond acceptors (Lipinski definition) is 4. The van der Waals surface area contributed by atoms with Gasteiger partial charge in [0.25, 0.3) is 5.91 Å². The van der Waals surface area contributed by atoms with Crippen molar-refractivity contribution in [1.82, 2.24) is 10.3 Å². The molecular formula is C21H21N3O3. The van der Waals surface area contributed by atoms with Crippen LogP contribution >= 0.6 is 0 Å². The maximum atomic E-state index is 12.6. The zero-order valence-electron chi connectivity index (χ0n) is 15.1. The number of hydrogen-bond donors (Lipinski definition) is 2. The van der Waals surface area contributed by atoms with E-state index in [9.17, 15) is 9.59 Å². The van der Waals surface area contributed by atoms with Gasteiger partial charge in [-0.15, -0.1) is 0 Å². The molecule has 2 aromatic carbocycles. The second-order valence-electron chi connectivity index (χ2n) is 6.59. The molecule has 2 N–H and O–H groups in total. The van der Waals surface area contributed by atoms with E-state index in [2.05, 4.69) is 10.3 Å². The molecule has 1 fully saturated rings. The molecule has 1 atom stereocenters. The number of ether oxygens (including phenoxy) is 1. The molecule has 1 unspecified atom stereocenters. The summed E-state index contributed by atoms with van der Waals surface area (Å²) >= 11 is 0. The topological polar surface area (TPSA) is 74.4 Å². The van der Waals surface area contributed by atoms with E-state index in [1.807, 2.05) is 42.6 Å². The van der Waals surface area contributed by atoms with E-state index in [4.69, 9.17) is 4.74 Å². The van der Waals surface area contributed by atoms with Crippen molar-refractivity contribution in [2.24, 2.45) is 0 Å². The number of aromatic nitrogens is 1. The number of imide groups is 1. The molecule has 6 heteroatoms. The van der Waals surface area contributed by atoms with Crippen LogP contribution in [-0.2, 0) is 16.0 Å². The molecule has 0 spiro atoms. The normalized spacial score (nSPS) is 17.1. The van der Waals surface area contributed by atoms with Crippen molar-refractivity contribution >= 4 is 28.4 Å². The van der Waals surface area contributed by atoms with E-state index in [1.54, 1.807) is 19.2 Å². The Hall–Kier alpha value is -3.12. The number of carbonyl (C=O) groups excluding carboxylic acids is 2. The third-order valence-corrected chi connectivity index (χ3v) is 4.92. The highest BCUT2D eigenvalue weighted by Gasteiger charge is 2.38. The number of anilines is 1. The average molecular weight is 363 g/mol. The van der Waals surface area contributed by atoms with Crippen LogP contribution in [0.25, 0.3) is 10.9 Å². The molecule has 3 aromatic rings. The Morgan fingerprint density at radius 1 is 1.19 bits per heavy atom. The Morgan fingerprint density at radius 2 is 2.00 bits per heavy atom. The molecule has 4 rings (SSSR count). The summed E-state index contributed by atoms with van der Waals surface area (Å²) in [5.41, 5.74) is 2.82. The number of nitrogens with one attached hydrogen (secondary N) is 2. The number of aromatic amines is 1. The van der Waals surface area contributed by atoms with Gasteiger partial charge in [-0.25, -0.2) is 4.90 Å². The molecule has 1 saturated heterocycles. The lowest BCUT2D eigenvalue weighted by molar-refractivity contribution is -0.121. The molecule has 2 heterocycles. The van der Waals surface area contributed by atoms with E-state index >= 15 is 0 Å². The standard InChI is InChI=1S/C21H21N3O3/c1-27-16-7-8-18-17(11-16)14(13-23-18)9-10-22-19-12-20(25)24(21(19)26)15-5-3-2-4-6-15/h2-8,11,13,19,22-23H,9-10,12H2,1H3. The minimum Gasteiger partial charge on any atom is -0.497 e. The monoisotopic (exact) mass is 363 g/mol. The molecule has 0 radical (unpaired) electrons. The molecule has 1 aromatic heterocycles. The van der Waals surface area contributed by atoms with Crippen molar-refractivity contribution in [3.05, 3.63) is 60.3 Å². The van der Waals surface area contributed by atoms with Crippen molar-refractivity contribution in [2.75, 3.05) is 18.6 Å². The Kier molecular flexibility index (Phi) is 4.64. The second-order valence-corrected chi connectivity index (χ2v) is 6.59. The first-order chi connectivity index (χ1) is 13.2. The quantitative estimate of drug-likeness (QED) is 0.660. The Morgan fingerprint density at radius 3 is 2.78 bits per heavy atom. The first-order valence-corrected chi connectivity index (χ1v) is 8.96. The summed E-state index contributed by atoms with van der Waals surface area (Å²) in [7, 11) is 1.65. The molecule has 2 amide bonds. The summed E-state index contributed by atoms with van der Waals surface area (Å²) in [5.74, 6) is 0.457. The van der Waals surface area contributed by atoms with Crippen LogP contribution in [0.1, 0.15) is 12.0 Å². The van der Waals surface area contributed by atoms with Crippen molar-refractivity contribution in [1.29, 1.82) is 0 Å². The van der Waals surface area contributed by atoms with Gasteiger partial charge in [-0.2, -0.15) is 0 Å². The highest BCUT2D eigenvalue weighted by Crippen LogP contribution is 2.25. The van der Waals surface area contributed by atoms with E-state index in [1.165, 1.54) is 4.90 Å². The van der Waals surface area contributed by atoms with Gasteiger partial charge in [0.2, 0.25) is 5.91 Å². The van der Waals surface area contributed by atoms with Crippen molar-refractivity contribution in [3.63, 3.8) is 0 Å². The number of methoxy groups -OCH3 is 1. The molecule has 0 aliphatic carbocycles. The molecule has 0 bridgehead atoms. The molecule has 1 aliphatic rings. The van der Waals surface area contributed by atoms with Gasteiger partial charge in [0.15, 0.2) is 0 Å². The van der Waals surface area contributed by atoms with Crippen LogP contribution < -0.4 is 15.0 Å². The zero-order valence-corrected chi connectivity index (χ0v) is 15.1. The number of nitrogens with zero attached hydrogens (tertiary/aromatic N) is 1. The number of fused-ring (bicyclic) bond motifs is 1. The number of amides is 2. The summed E-state index contributed by atoms with van der Waals surface area (Å²) in [6.07, 6.45) is 2.91. The van der Waals surface area contributed by atoms with Gasteiger partial charge in [-0.05, 0) is 42.3 Å². The maximum Gasteiger partial charge on any atom is 0.251 e. The molecule has 0 saturated carbocycles. The second kappa shape index (κ2) is 7.25. The fourth-order valence-corrected chi connectivity index (χ4v) is 3.51. The van der Waals surface area contributed by atoms with Crippen molar-refractivity contribution < 1.29 is 14.3 Å². The number of carbonyl (C=O) groups is 2. The van der Waals surface area contributed by atoms with Gasteiger partial charge in [0, 0.05) is 23.6 Å². The average Bonchev–Trinajstić information content (AvgIpc) is 3.22. The maximum absolute atomic E-state index is 12.6.